The second-order valence-corrected chi connectivity index (χ2v) is 12.6. The van der Waals surface area contributed by atoms with Gasteiger partial charge in [-0.15, -0.1) is 0 Å². The van der Waals surface area contributed by atoms with Crippen LogP contribution in [0.3, 0.4) is 0 Å². The quantitative estimate of drug-likeness (QED) is 0.194. The number of anilines is 1. The van der Waals surface area contributed by atoms with Crippen molar-refractivity contribution in [3.05, 3.63) is 82.8 Å². The van der Waals surface area contributed by atoms with E-state index >= 15 is 0 Å². The number of amides is 2. The minimum absolute atomic E-state index is 0.0288. The second-order valence-electron chi connectivity index (χ2n) is 9.83. The molecule has 0 saturated carbocycles. The van der Waals surface area contributed by atoms with Crippen LogP contribution in [-0.2, 0) is 26.2 Å². The van der Waals surface area contributed by atoms with Gasteiger partial charge in [0, 0.05) is 17.6 Å². The molecule has 43 heavy (non-hydrogen) atoms. The van der Waals surface area contributed by atoms with Crippen molar-refractivity contribution in [1.82, 2.24) is 10.2 Å². The molecule has 3 aromatic rings. The Bertz CT molecular complexity index is 1450. The fourth-order valence-electron chi connectivity index (χ4n) is 4.53. The lowest BCUT2D eigenvalue weighted by atomic mass is 10.1. The fourth-order valence-corrected chi connectivity index (χ4v) is 6.21. The maximum absolute atomic E-state index is 14.2. The highest BCUT2D eigenvalue weighted by atomic mass is 79.9. The molecule has 11 heteroatoms. The normalized spacial score (nSPS) is 11.8. The molecule has 0 saturated heterocycles. The highest BCUT2D eigenvalue weighted by Crippen LogP contribution is 2.28. The van der Waals surface area contributed by atoms with Crippen molar-refractivity contribution in [2.75, 3.05) is 31.1 Å². The summed E-state index contributed by atoms with van der Waals surface area (Å²) in [6.07, 6.45) is 2.06. The lowest BCUT2D eigenvalue weighted by Gasteiger charge is -2.33. The number of unbranched alkanes of at least 4 members (excludes halogenated alkanes) is 1. The molecule has 3 rings (SSSR count). The van der Waals surface area contributed by atoms with Crippen LogP contribution in [0.25, 0.3) is 0 Å². The van der Waals surface area contributed by atoms with E-state index in [0.717, 1.165) is 27.2 Å². The molecule has 0 aromatic heterocycles. The highest BCUT2D eigenvalue weighted by molar-refractivity contribution is 9.10. The van der Waals surface area contributed by atoms with Gasteiger partial charge in [-0.3, -0.25) is 13.9 Å². The summed E-state index contributed by atoms with van der Waals surface area (Å²) < 4.78 is 40.7. The summed E-state index contributed by atoms with van der Waals surface area (Å²) in [4.78, 5) is 29.0. The molecule has 0 spiro atoms. The van der Waals surface area contributed by atoms with Crippen molar-refractivity contribution in [1.29, 1.82) is 0 Å². The monoisotopic (exact) mass is 673 g/mol. The van der Waals surface area contributed by atoms with E-state index in [9.17, 15) is 18.0 Å². The van der Waals surface area contributed by atoms with Crippen LogP contribution in [0.15, 0.2) is 82.2 Å². The summed E-state index contributed by atoms with van der Waals surface area (Å²) in [7, 11) is -2.62. The summed E-state index contributed by atoms with van der Waals surface area (Å²) in [5, 5.41) is 2.94. The number of rotatable bonds is 16. The van der Waals surface area contributed by atoms with Gasteiger partial charge in [0.1, 0.15) is 24.1 Å². The van der Waals surface area contributed by atoms with Crippen molar-refractivity contribution in [2.24, 2.45) is 0 Å². The van der Waals surface area contributed by atoms with E-state index in [1.54, 1.807) is 55.6 Å². The fraction of sp³-hybridized carbons (Fsp3) is 0.375. The van der Waals surface area contributed by atoms with Gasteiger partial charge in [-0.05, 0) is 86.0 Å². The van der Waals surface area contributed by atoms with Gasteiger partial charge in [-0.1, -0.05) is 48.3 Å². The molecule has 0 fully saturated rings. The first kappa shape index (κ1) is 33.9. The van der Waals surface area contributed by atoms with Crippen LogP contribution >= 0.6 is 15.9 Å². The second kappa shape index (κ2) is 16.3. The first-order chi connectivity index (χ1) is 20.6. The van der Waals surface area contributed by atoms with Crippen molar-refractivity contribution in [2.45, 2.75) is 57.5 Å². The Kier molecular flexibility index (Phi) is 12.9. The van der Waals surface area contributed by atoms with Gasteiger partial charge in [-0.2, -0.15) is 0 Å². The Balaban J connectivity index is 2.05. The number of benzene rings is 3. The zero-order chi connectivity index (χ0) is 31.4. The van der Waals surface area contributed by atoms with E-state index in [0.29, 0.717) is 36.8 Å². The van der Waals surface area contributed by atoms with Gasteiger partial charge in [0.15, 0.2) is 0 Å². The molecule has 2 amide bonds. The van der Waals surface area contributed by atoms with E-state index in [1.165, 1.54) is 17.0 Å². The van der Waals surface area contributed by atoms with E-state index < -0.39 is 28.5 Å². The summed E-state index contributed by atoms with van der Waals surface area (Å²) in [6, 6.07) is 19.2. The molecular formula is C32H40BrN3O6S. The molecule has 0 heterocycles. The predicted octanol–water partition coefficient (Wildman–Crippen LogP) is 5.78. The highest BCUT2D eigenvalue weighted by Gasteiger charge is 2.33. The summed E-state index contributed by atoms with van der Waals surface area (Å²) in [6.45, 7) is 6.23. The lowest BCUT2D eigenvalue weighted by molar-refractivity contribution is -0.140. The third kappa shape index (κ3) is 9.21. The number of hydrogen-bond donors (Lipinski definition) is 1. The molecule has 0 aliphatic rings. The topological polar surface area (TPSA) is 105 Å². The Labute approximate surface area is 263 Å². The third-order valence-corrected chi connectivity index (χ3v) is 9.14. The van der Waals surface area contributed by atoms with Gasteiger partial charge in [0.25, 0.3) is 10.0 Å². The van der Waals surface area contributed by atoms with E-state index in [2.05, 4.69) is 21.2 Å². The molecule has 0 aliphatic carbocycles. The first-order valence-corrected chi connectivity index (χ1v) is 16.6. The molecule has 9 nitrogen and oxygen atoms in total. The number of halogens is 1. The minimum atomic E-state index is -4.17. The summed E-state index contributed by atoms with van der Waals surface area (Å²) in [5.41, 5.74) is 1.04. The van der Waals surface area contributed by atoms with Crippen LogP contribution < -0.4 is 19.1 Å². The first-order valence-electron chi connectivity index (χ1n) is 14.4. The SMILES string of the molecule is CCCCNC(=O)[C@@H](CC)N(Cc1cccc(OC)c1)C(=O)CN(c1ccc(OCC)cc1)S(=O)(=O)c1ccc(Br)cc1. The Morgan fingerprint density at radius 1 is 0.953 bits per heavy atom. The molecule has 0 radical (unpaired) electrons. The molecular weight excluding hydrogens is 634 g/mol. The average molecular weight is 675 g/mol. The van der Waals surface area contributed by atoms with Gasteiger partial charge in [0.05, 0.1) is 24.3 Å². The van der Waals surface area contributed by atoms with Gasteiger partial charge in [0.2, 0.25) is 11.8 Å². The molecule has 0 unspecified atom stereocenters. The summed E-state index contributed by atoms with van der Waals surface area (Å²) in [5.74, 6) is 0.387. The largest absolute Gasteiger partial charge is 0.497 e. The Hall–Kier alpha value is -3.57. The third-order valence-electron chi connectivity index (χ3n) is 6.82. The van der Waals surface area contributed by atoms with Crippen LogP contribution in [0, 0.1) is 0 Å². The minimum Gasteiger partial charge on any atom is -0.497 e. The predicted molar refractivity (Wildman–Crippen MR) is 172 cm³/mol. The molecule has 1 atom stereocenters. The molecule has 0 aliphatic heterocycles. The lowest BCUT2D eigenvalue weighted by Crippen LogP contribution is -2.52. The number of carbonyl (C=O) groups is 2. The maximum atomic E-state index is 14.2. The Morgan fingerprint density at radius 2 is 1.65 bits per heavy atom. The van der Waals surface area contributed by atoms with Crippen molar-refractivity contribution < 1.29 is 27.5 Å². The number of nitrogens with zero attached hydrogens (tertiary/aromatic N) is 2. The van der Waals surface area contributed by atoms with Gasteiger partial charge < -0.3 is 19.7 Å². The van der Waals surface area contributed by atoms with Crippen LogP contribution in [0.1, 0.15) is 45.6 Å². The van der Waals surface area contributed by atoms with Crippen molar-refractivity contribution >= 4 is 43.5 Å². The van der Waals surface area contributed by atoms with Crippen LogP contribution in [-0.4, -0.2) is 58.0 Å². The van der Waals surface area contributed by atoms with E-state index in [4.69, 9.17) is 9.47 Å². The molecule has 1 N–H and O–H groups in total. The molecule has 0 bridgehead atoms. The van der Waals surface area contributed by atoms with Gasteiger partial charge in [-0.25, -0.2) is 8.42 Å². The zero-order valence-electron chi connectivity index (χ0n) is 25.1. The smallest absolute Gasteiger partial charge is 0.264 e. The number of hydrogen-bond acceptors (Lipinski definition) is 6. The number of sulfonamides is 1. The maximum Gasteiger partial charge on any atom is 0.264 e. The zero-order valence-corrected chi connectivity index (χ0v) is 27.5. The van der Waals surface area contributed by atoms with Crippen molar-refractivity contribution in [3.8, 4) is 11.5 Å². The standard InChI is InChI=1S/C32H40BrN3O6S/c1-5-8-20-34-32(38)30(6-2)35(22-24-10-9-11-28(21-24)41-4)31(37)23-36(26-14-16-27(17-15-26)42-7-3)43(39,40)29-18-12-25(33)13-19-29/h9-19,21,30H,5-8,20,22-23H2,1-4H3,(H,34,38)/t30-/m1/s1. The number of carbonyl (C=O) groups excluding carboxylic acids is 2. The molecule has 232 valence electrons. The van der Waals surface area contributed by atoms with Gasteiger partial charge >= 0.3 is 0 Å². The van der Waals surface area contributed by atoms with Crippen LogP contribution in [0.5, 0.6) is 11.5 Å². The van der Waals surface area contributed by atoms with E-state index in [1.807, 2.05) is 32.9 Å². The average Bonchev–Trinajstić information content (AvgIpc) is 3.00. The number of ether oxygens (including phenoxy) is 2. The van der Waals surface area contributed by atoms with Crippen LogP contribution in [0.4, 0.5) is 5.69 Å². The van der Waals surface area contributed by atoms with Crippen molar-refractivity contribution in [3.63, 3.8) is 0 Å². The summed E-state index contributed by atoms with van der Waals surface area (Å²) >= 11 is 3.35. The number of nitrogens with one attached hydrogen (secondary N) is 1. The molecule has 3 aromatic carbocycles. The Morgan fingerprint density at radius 3 is 2.26 bits per heavy atom. The van der Waals surface area contributed by atoms with Crippen LogP contribution in [0.2, 0.25) is 0 Å². The van der Waals surface area contributed by atoms with E-state index in [-0.39, 0.29) is 17.3 Å². The number of methoxy groups -OCH3 is 1.